The smallest absolute Gasteiger partial charge is 0.227 e. The summed E-state index contributed by atoms with van der Waals surface area (Å²) in [4.78, 5) is 17.3. The third-order valence-electron chi connectivity index (χ3n) is 4.55. The van der Waals surface area contributed by atoms with Gasteiger partial charge in [-0.1, -0.05) is 29.3 Å². The standard InChI is InChI=1S/C17H22Cl2N2OS/c18-15-4-3-13(9-16(15)19)10-17(22)21-7-8-23-12-14(21)11-20-5-1-2-6-20/h3-4,9,14H,1-2,5-8,10-12H2. The van der Waals surface area contributed by atoms with E-state index in [0.717, 1.165) is 30.2 Å². The Labute approximate surface area is 152 Å². The number of benzene rings is 1. The summed E-state index contributed by atoms with van der Waals surface area (Å²) in [5.41, 5.74) is 0.933. The molecule has 0 radical (unpaired) electrons. The Morgan fingerprint density at radius 2 is 1.96 bits per heavy atom. The molecule has 1 aromatic carbocycles. The van der Waals surface area contributed by atoms with Crippen molar-refractivity contribution in [2.75, 3.05) is 37.7 Å². The fraction of sp³-hybridized carbons (Fsp3) is 0.588. The lowest BCUT2D eigenvalue weighted by atomic mass is 10.1. The number of nitrogens with zero attached hydrogens (tertiary/aromatic N) is 2. The molecule has 2 aliphatic heterocycles. The second-order valence-electron chi connectivity index (χ2n) is 6.25. The zero-order valence-corrected chi connectivity index (χ0v) is 15.5. The molecule has 1 unspecified atom stereocenters. The van der Waals surface area contributed by atoms with Gasteiger partial charge in [-0.15, -0.1) is 0 Å². The van der Waals surface area contributed by atoms with Crippen LogP contribution in [0, 0.1) is 0 Å². The van der Waals surface area contributed by atoms with E-state index in [9.17, 15) is 4.79 Å². The first kappa shape index (κ1) is 17.4. The molecule has 2 saturated heterocycles. The molecule has 3 rings (SSSR count). The van der Waals surface area contributed by atoms with Crippen molar-refractivity contribution in [2.45, 2.75) is 25.3 Å². The van der Waals surface area contributed by atoms with Gasteiger partial charge in [-0.05, 0) is 43.6 Å². The molecule has 2 heterocycles. The van der Waals surface area contributed by atoms with Crippen molar-refractivity contribution in [1.29, 1.82) is 0 Å². The van der Waals surface area contributed by atoms with Crippen LogP contribution in [0.4, 0.5) is 0 Å². The molecule has 0 N–H and O–H groups in total. The minimum atomic E-state index is 0.202. The van der Waals surface area contributed by atoms with Gasteiger partial charge in [0.15, 0.2) is 0 Å². The lowest BCUT2D eigenvalue weighted by molar-refractivity contribution is -0.132. The molecule has 0 spiro atoms. The molecule has 0 bridgehead atoms. The number of hydrogen-bond donors (Lipinski definition) is 0. The number of likely N-dealkylation sites (tertiary alicyclic amines) is 1. The van der Waals surface area contributed by atoms with Crippen molar-refractivity contribution in [2.24, 2.45) is 0 Å². The van der Waals surface area contributed by atoms with E-state index in [-0.39, 0.29) is 5.91 Å². The van der Waals surface area contributed by atoms with Crippen LogP contribution in [0.15, 0.2) is 18.2 Å². The maximum absolute atomic E-state index is 12.8. The molecule has 126 valence electrons. The van der Waals surface area contributed by atoms with Crippen molar-refractivity contribution in [3.63, 3.8) is 0 Å². The summed E-state index contributed by atoms with van der Waals surface area (Å²) in [5.74, 6) is 2.28. The second kappa shape index (κ2) is 8.11. The molecule has 0 aliphatic carbocycles. The van der Waals surface area contributed by atoms with E-state index in [1.165, 1.54) is 25.9 Å². The molecular formula is C17H22Cl2N2OS. The summed E-state index contributed by atoms with van der Waals surface area (Å²) in [5, 5.41) is 1.05. The second-order valence-corrected chi connectivity index (χ2v) is 8.21. The van der Waals surface area contributed by atoms with Crippen LogP contribution in [0.2, 0.25) is 10.0 Å². The minimum Gasteiger partial charge on any atom is -0.336 e. The highest BCUT2D eigenvalue weighted by Gasteiger charge is 2.29. The maximum Gasteiger partial charge on any atom is 0.227 e. The van der Waals surface area contributed by atoms with Gasteiger partial charge >= 0.3 is 0 Å². The number of carbonyl (C=O) groups excluding carboxylic acids is 1. The first-order chi connectivity index (χ1) is 11.1. The average Bonchev–Trinajstić information content (AvgIpc) is 3.04. The number of hydrogen-bond acceptors (Lipinski definition) is 3. The molecule has 2 aliphatic rings. The topological polar surface area (TPSA) is 23.6 Å². The Balaban J connectivity index is 1.64. The molecule has 0 aromatic heterocycles. The van der Waals surface area contributed by atoms with Crippen LogP contribution in [0.25, 0.3) is 0 Å². The summed E-state index contributed by atoms with van der Waals surface area (Å²) in [6.45, 7) is 4.22. The quantitative estimate of drug-likeness (QED) is 0.806. The fourth-order valence-electron chi connectivity index (χ4n) is 3.32. The SMILES string of the molecule is O=C(Cc1ccc(Cl)c(Cl)c1)N1CCSCC1CN1CCCC1. The summed E-state index contributed by atoms with van der Waals surface area (Å²) < 4.78 is 0. The average molecular weight is 373 g/mol. The molecule has 1 aromatic rings. The van der Waals surface area contributed by atoms with Crippen LogP contribution in [0.3, 0.4) is 0 Å². The van der Waals surface area contributed by atoms with E-state index in [2.05, 4.69) is 9.80 Å². The highest BCUT2D eigenvalue weighted by Crippen LogP contribution is 2.24. The molecule has 1 atom stereocenters. The Hall–Kier alpha value is -0.420. The van der Waals surface area contributed by atoms with Gasteiger partial charge in [0, 0.05) is 24.6 Å². The van der Waals surface area contributed by atoms with Crippen molar-refractivity contribution >= 4 is 40.9 Å². The summed E-state index contributed by atoms with van der Waals surface area (Å²) in [6.07, 6.45) is 2.98. The number of halogens is 2. The Morgan fingerprint density at radius 1 is 1.17 bits per heavy atom. The van der Waals surface area contributed by atoms with Crippen LogP contribution in [0.1, 0.15) is 18.4 Å². The van der Waals surface area contributed by atoms with Crippen molar-refractivity contribution < 1.29 is 4.79 Å². The summed E-state index contributed by atoms with van der Waals surface area (Å²) in [6, 6.07) is 5.79. The Morgan fingerprint density at radius 3 is 2.70 bits per heavy atom. The molecular weight excluding hydrogens is 351 g/mol. The van der Waals surface area contributed by atoms with E-state index in [1.54, 1.807) is 12.1 Å². The molecule has 0 saturated carbocycles. The molecule has 3 nitrogen and oxygen atoms in total. The molecule has 6 heteroatoms. The van der Waals surface area contributed by atoms with Gasteiger partial charge in [0.25, 0.3) is 0 Å². The first-order valence-corrected chi connectivity index (χ1v) is 10.1. The van der Waals surface area contributed by atoms with Crippen LogP contribution in [-0.2, 0) is 11.2 Å². The van der Waals surface area contributed by atoms with E-state index < -0.39 is 0 Å². The van der Waals surface area contributed by atoms with Gasteiger partial charge in [-0.25, -0.2) is 0 Å². The number of thioether (sulfide) groups is 1. The van der Waals surface area contributed by atoms with Gasteiger partial charge < -0.3 is 9.80 Å². The minimum absolute atomic E-state index is 0.202. The van der Waals surface area contributed by atoms with Gasteiger partial charge in [0.1, 0.15) is 0 Å². The maximum atomic E-state index is 12.8. The fourth-order valence-corrected chi connectivity index (χ4v) is 4.69. The molecule has 2 fully saturated rings. The van der Waals surface area contributed by atoms with E-state index >= 15 is 0 Å². The van der Waals surface area contributed by atoms with E-state index in [1.807, 2.05) is 17.8 Å². The number of rotatable bonds is 4. The van der Waals surface area contributed by atoms with Gasteiger partial charge in [-0.3, -0.25) is 4.79 Å². The highest BCUT2D eigenvalue weighted by atomic mass is 35.5. The van der Waals surface area contributed by atoms with Crippen LogP contribution >= 0.6 is 35.0 Å². The first-order valence-electron chi connectivity index (χ1n) is 8.17. The van der Waals surface area contributed by atoms with E-state index in [0.29, 0.717) is 22.5 Å². The summed E-state index contributed by atoms with van der Waals surface area (Å²) >= 11 is 14.0. The van der Waals surface area contributed by atoms with Crippen LogP contribution in [0.5, 0.6) is 0 Å². The zero-order valence-electron chi connectivity index (χ0n) is 13.1. The predicted octanol–water partition coefficient (Wildman–Crippen LogP) is 3.58. The lowest BCUT2D eigenvalue weighted by Crippen LogP contribution is -2.51. The van der Waals surface area contributed by atoms with E-state index in [4.69, 9.17) is 23.2 Å². The Bertz CT molecular complexity index is 564. The van der Waals surface area contributed by atoms with Crippen molar-refractivity contribution in [3.8, 4) is 0 Å². The molecule has 1 amide bonds. The van der Waals surface area contributed by atoms with Gasteiger partial charge in [-0.2, -0.15) is 11.8 Å². The zero-order chi connectivity index (χ0) is 16.2. The van der Waals surface area contributed by atoms with Gasteiger partial charge in [0.2, 0.25) is 5.91 Å². The Kier molecular flexibility index (Phi) is 6.13. The van der Waals surface area contributed by atoms with Gasteiger partial charge in [0.05, 0.1) is 22.5 Å². The third kappa shape index (κ3) is 4.56. The lowest BCUT2D eigenvalue weighted by Gasteiger charge is -2.37. The summed E-state index contributed by atoms with van der Waals surface area (Å²) in [7, 11) is 0. The monoisotopic (exact) mass is 372 g/mol. The number of amides is 1. The van der Waals surface area contributed by atoms with Crippen LogP contribution < -0.4 is 0 Å². The largest absolute Gasteiger partial charge is 0.336 e. The normalized spacial score (nSPS) is 22.5. The van der Waals surface area contributed by atoms with Crippen molar-refractivity contribution in [3.05, 3.63) is 33.8 Å². The third-order valence-corrected chi connectivity index (χ3v) is 6.39. The number of carbonyl (C=O) groups is 1. The van der Waals surface area contributed by atoms with Crippen molar-refractivity contribution in [1.82, 2.24) is 9.80 Å². The van der Waals surface area contributed by atoms with Crippen LogP contribution in [-0.4, -0.2) is 59.4 Å². The molecule has 23 heavy (non-hydrogen) atoms. The predicted molar refractivity (Wildman–Crippen MR) is 98.7 cm³/mol. The highest BCUT2D eigenvalue weighted by molar-refractivity contribution is 7.99.